The van der Waals surface area contributed by atoms with E-state index in [-0.39, 0.29) is 18.7 Å². The fourth-order valence-corrected chi connectivity index (χ4v) is 6.90. The molecular weight excluding hydrogens is 444 g/mol. The second-order valence-corrected chi connectivity index (χ2v) is 10.9. The predicted molar refractivity (Wildman–Crippen MR) is 132 cm³/mol. The van der Waals surface area contributed by atoms with Crippen LogP contribution in [0.1, 0.15) is 45.4 Å². The zero-order valence-electron chi connectivity index (χ0n) is 19.7. The highest BCUT2D eigenvalue weighted by Gasteiger charge is 2.40. The van der Waals surface area contributed by atoms with Gasteiger partial charge in [-0.1, -0.05) is 54.1 Å². The van der Waals surface area contributed by atoms with Gasteiger partial charge in [0, 0.05) is 13.0 Å². The summed E-state index contributed by atoms with van der Waals surface area (Å²) in [4.78, 5) is 13.8. The first-order chi connectivity index (χ1) is 16.2. The monoisotopic (exact) mass is 472 g/mol. The summed E-state index contributed by atoms with van der Waals surface area (Å²) in [5, 5.41) is 8.98. The van der Waals surface area contributed by atoms with E-state index >= 15 is 0 Å². The van der Waals surface area contributed by atoms with Gasteiger partial charge in [-0.05, 0) is 73.6 Å². The van der Waals surface area contributed by atoms with Gasteiger partial charge in [0.25, 0.3) is 0 Å². The summed E-state index contributed by atoms with van der Waals surface area (Å²) in [7, 11) is -3.89. The number of carbonyl (C=O) groups excluding carboxylic acids is 1. The molecule has 1 atom stereocenters. The number of carbonyl (C=O) groups is 1. The number of hydrogen-bond acceptors (Lipinski definition) is 4. The van der Waals surface area contributed by atoms with E-state index in [0.717, 1.165) is 22.3 Å². The molecule has 0 amide bonds. The van der Waals surface area contributed by atoms with Gasteiger partial charge in [-0.3, -0.25) is 4.79 Å². The standard InChI is InChI=1S/C28H28N2O3S/c1-19-14-20(2)28(21(3)15-19)34(32,33)30-18-25-7-5-4-6-24(25)16-26(30)27(31)13-12-22-8-10-23(17-29)11-9-22/h4-11,14-15,26H,12-13,16,18H2,1-3H3. The van der Waals surface area contributed by atoms with Crippen molar-refractivity contribution in [2.24, 2.45) is 0 Å². The first kappa shape index (κ1) is 23.9. The molecule has 0 fully saturated rings. The highest BCUT2D eigenvalue weighted by molar-refractivity contribution is 7.89. The number of nitriles is 1. The number of sulfonamides is 1. The third-order valence-corrected chi connectivity index (χ3v) is 8.65. The Morgan fingerprint density at radius 2 is 1.62 bits per heavy atom. The van der Waals surface area contributed by atoms with Crippen LogP contribution in [-0.2, 0) is 34.2 Å². The molecule has 3 aromatic rings. The maximum atomic E-state index is 14.0. The van der Waals surface area contributed by atoms with Crippen LogP contribution in [0.5, 0.6) is 0 Å². The predicted octanol–water partition coefficient (Wildman–Crippen LogP) is 4.80. The Balaban J connectivity index is 1.67. The maximum Gasteiger partial charge on any atom is 0.244 e. The molecule has 6 heteroatoms. The lowest BCUT2D eigenvalue weighted by Gasteiger charge is -2.36. The van der Waals surface area contributed by atoms with Crippen LogP contribution in [0.4, 0.5) is 0 Å². The van der Waals surface area contributed by atoms with Crippen LogP contribution in [0.2, 0.25) is 0 Å². The average molecular weight is 473 g/mol. The van der Waals surface area contributed by atoms with Gasteiger partial charge in [-0.15, -0.1) is 0 Å². The molecule has 0 spiro atoms. The molecule has 1 aliphatic rings. The second kappa shape index (κ2) is 9.54. The van der Waals surface area contributed by atoms with E-state index in [0.29, 0.717) is 34.4 Å². The summed E-state index contributed by atoms with van der Waals surface area (Å²) in [5.74, 6) is -0.0927. The lowest BCUT2D eigenvalue weighted by atomic mass is 9.91. The Morgan fingerprint density at radius 3 is 2.24 bits per heavy atom. The molecule has 4 rings (SSSR count). The minimum Gasteiger partial charge on any atom is -0.298 e. The van der Waals surface area contributed by atoms with E-state index in [9.17, 15) is 13.2 Å². The summed E-state index contributed by atoms with van der Waals surface area (Å²) in [6.45, 7) is 5.75. The van der Waals surface area contributed by atoms with Crippen molar-refractivity contribution in [2.45, 2.75) is 57.5 Å². The van der Waals surface area contributed by atoms with Crippen molar-refractivity contribution in [3.05, 3.63) is 99.6 Å². The molecule has 0 aromatic heterocycles. The number of rotatable bonds is 6. The minimum atomic E-state index is -3.89. The minimum absolute atomic E-state index is 0.0927. The van der Waals surface area contributed by atoms with Crippen LogP contribution in [0, 0.1) is 32.1 Å². The Kier molecular flexibility index (Phi) is 6.70. The van der Waals surface area contributed by atoms with E-state index in [1.54, 1.807) is 12.1 Å². The topological polar surface area (TPSA) is 78.2 Å². The van der Waals surface area contributed by atoms with Crippen LogP contribution in [0.25, 0.3) is 0 Å². The number of hydrogen-bond donors (Lipinski definition) is 0. The molecule has 34 heavy (non-hydrogen) atoms. The van der Waals surface area contributed by atoms with Crippen LogP contribution in [0.15, 0.2) is 65.6 Å². The van der Waals surface area contributed by atoms with Gasteiger partial charge in [0.1, 0.15) is 0 Å². The molecule has 0 saturated heterocycles. The molecule has 1 unspecified atom stereocenters. The number of ketones is 1. The summed E-state index contributed by atoms with van der Waals surface area (Å²) in [5.41, 5.74) is 5.86. The molecule has 0 N–H and O–H groups in total. The van der Waals surface area contributed by atoms with Crippen molar-refractivity contribution in [1.29, 1.82) is 5.26 Å². The SMILES string of the molecule is Cc1cc(C)c(S(=O)(=O)N2Cc3ccccc3CC2C(=O)CCc2ccc(C#N)cc2)c(C)c1. The Labute approximate surface area is 201 Å². The third kappa shape index (κ3) is 4.68. The lowest BCUT2D eigenvalue weighted by Crippen LogP contribution is -2.48. The van der Waals surface area contributed by atoms with E-state index in [1.807, 2.05) is 69.3 Å². The number of nitrogens with zero attached hydrogens (tertiary/aromatic N) is 2. The largest absolute Gasteiger partial charge is 0.298 e. The van der Waals surface area contributed by atoms with Crippen LogP contribution in [0.3, 0.4) is 0 Å². The fraction of sp³-hybridized carbons (Fsp3) is 0.286. The Hall–Kier alpha value is -3.27. The van der Waals surface area contributed by atoms with Gasteiger partial charge < -0.3 is 0 Å². The van der Waals surface area contributed by atoms with E-state index in [4.69, 9.17) is 5.26 Å². The van der Waals surface area contributed by atoms with Crippen molar-refractivity contribution < 1.29 is 13.2 Å². The van der Waals surface area contributed by atoms with Gasteiger partial charge >= 0.3 is 0 Å². The summed E-state index contributed by atoms with van der Waals surface area (Å²) < 4.78 is 29.3. The molecule has 0 aliphatic carbocycles. The fourth-order valence-electron chi connectivity index (χ4n) is 4.90. The highest BCUT2D eigenvalue weighted by Crippen LogP contribution is 2.33. The molecule has 1 aliphatic heterocycles. The Bertz CT molecular complexity index is 1360. The van der Waals surface area contributed by atoms with Crippen molar-refractivity contribution in [3.8, 4) is 6.07 Å². The zero-order valence-corrected chi connectivity index (χ0v) is 20.5. The van der Waals surface area contributed by atoms with E-state index in [2.05, 4.69) is 6.07 Å². The molecule has 1 heterocycles. The molecule has 0 radical (unpaired) electrons. The van der Waals surface area contributed by atoms with Crippen LogP contribution < -0.4 is 0 Å². The van der Waals surface area contributed by atoms with Crippen molar-refractivity contribution in [3.63, 3.8) is 0 Å². The lowest BCUT2D eigenvalue weighted by molar-refractivity contribution is -0.123. The second-order valence-electron chi connectivity index (χ2n) is 9.04. The zero-order chi connectivity index (χ0) is 24.5. The van der Waals surface area contributed by atoms with Gasteiger partial charge in [0.05, 0.1) is 22.6 Å². The first-order valence-corrected chi connectivity index (χ1v) is 12.8. The third-order valence-electron chi connectivity index (χ3n) is 6.49. The molecule has 3 aromatic carbocycles. The molecule has 0 bridgehead atoms. The first-order valence-electron chi connectivity index (χ1n) is 11.4. The molecule has 174 valence electrons. The normalized spacial score (nSPS) is 16.0. The van der Waals surface area contributed by atoms with Crippen molar-refractivity contribution >= 4 is 15.8 Å². The number of Topliss-reactive ketones (excluding diaryl/α,β-unsaturated/α-hetero) is 1. The molecular formula is C28H28N2O3S. The van der Waals surface area contributed by atoms with Crippen molar-refractivity contribution in [2.75, 3.05) is 0 Å². The number of fused-ring (bicyclic) bond motifs is 1. The van der Waals surface area contributed by atoms with E-state index in [1.165, 1.54) is 4.31 Å². The molecule has 5 nitrogen and oxygen atoms in total. The maximum absolute atomic E-state index is 14.0. The quantitative estimate of drug-likeness (QED) is 0.516. The van der Waals surface area contributed by atoms with Gasteiger partial charge in [0.2, 0.25) is 10.0 Å². The average Bonchev–Trinajstić information content (AvgIpc) is 2.81. The number of benzene rings is 3. The van der Waals surface area contributed by atoms with E-state index < -0.39 is 16.1 Å². The smallest absolute Gasteiger partial charge is 0.244 e. The highest BCUT2D eigenvalue weighted by atomic mass is 32.2. The summed E-state index contributed by atoms with van der Waals surface area (Å²) in [6.07, 6.45) is 1.10. The van der Waals surface area contributed by atoms with Gasteiger partial charge in [-0.25, -0.2) is 8.42 Å². The summed E-state index contributed by atoms with van der Waals surface area (Å²) >= 11 is 0. The number of aryl methyl sites for hydroxylation is 4. The van der Waals surface area contributed by atoms with Crippen LogP contribution in [-0.4, -0.2) is 24.5 Å². The summed E-state index contributed by atoms with van der Waals surface area (Å²) in [6, 6.07) is 20.0. The molecule has 0 saturated carbocycles. The van der Waals surface area contributed by atoms with Gasteiger partial charge in [-0.2, -0.15) is 9.57 Å². The Morgan fingerprint density at radius 1 is 1.00 bits per heavy atom. The van der Waals surface area contributed by atoms with Crippen LogP contribution >= 0.6 is 0 Å². The van der Waals surface area contributed by atoms with Gasteiger partial charge in [0.15, 0.2) is 5.78 Å². The van der Waals surface area contributed by atoms with Crippen molar-refractivity contribution in [1.82, 2.24) is 4.31 Å².